The van der Waals surface area contributed by atoms with Gasteiger partial charge in [0.15, 0.2) is 0 Å². The van der Waals surface area contributed by atoms with Crippen LogP contribution in [0.5, 0.6) is 0 Å². The maximum atomic E-state index is 12.3. The molecule has 0 unspecified atom stereocenters. The lowest BCUT2D eigenvalue weighted by molar-refractivity contribution is 0.0506. The van der Waals surface area contributed by atoms with Gasteiger partial charge in [-0.1, -0.05) is 42.8 Å². The maximum Gasteiger partial charge on any atom is 0.340 e. The molecule has 0 aromatic heterocycles. The van der Waals surface area contributed by atoms with Gasteiger partial charge in [-0.25, -0.2) is 4.79 Å². The monoisotopic (exact) mass is 317 g/mol. The number of carbonyl (C=O) groups is 2. The molecule has 0 fully saturated rings. The highest BCUT2D eigenvalue weighted by molar-refractivity contribution is 6.34. The highest BCUT2D eigenvalue weighted by Gasteiger charge is 2.16. The number of hydrogen-bond acceptors (Lipinski definition) is 3. The van der Waals surface area contributed by atoms with Crippen LogP contribution in [0.2, 0.25) is 5.02 Å². The second kappa shape index (κ2) is 7.61. The number of amides is 1. The summed E-state index contributed by atoms with van der Waals surface area (Å²) in [5.74, 6) is -0.835. The molecule has 0 spiro atoms. The first-order valence-corrected chi connectivity index (χ1v) is 7.33. The van der Waals surface area contributed by atoms with Crippen molar-refractivity contribution in [2.45, 2.75) is 13.3 Å². The smallest absolute Gasteiger partial charge is 0.340 e. The molecule has 2 aromatic rings. The summed E-state index contributed by atoms with van der Waals surface area (Å²) in [7, 11) is 0. The second-order valence-corrected chi connectivity index (χ2v) is 5.02. The normalized spacial score (nSPS) is 10.1. The molecule has 0 aliphatic rings. The van der Waals surface area contributed by atoms with E-state index in [9.17, 15) is 9.59 Å². The zero-order valence-corrected chi connectivity index (χ0v) is 12.9. The fraction of sp³-hybridized carbons (Fsp3) is 0.176. The molecule has 1 N–H and O–H groups in total. The van der Waals surface area contributed by atoms with Crippen molar-refractivity contribution < 1.29 is 14.3 Å². The maximum absolute atomic E-state index is 12.3. The zero-order valence-electron chi connectivity index (χ0n) is 12.1. The number of halogens is 1. The molecule has 0 aliphatic heterocycles. The summed E-state index contributed by atoms with van der Waals surface area (Å²) in [6.45, 7) is 2.25. The van der Waals surface area contributed by atoms with Gasteiger partial charge in [-0.2, -0.15) is 0 Å². The van der Waals surface area contributed by atoms with E-state index in [1.54, 1.807) is 48.5 Å². The number of anilines is 1. The Balaban J connectivity index is 2.21. The molecule has 4 nitrogen and oxygen atoms in total. The number of benzene rings is 2. The minimum Gasteiger partial charge on any atom is -0.462 e. The van der Waals surface area contributed by atoms with E-state index in [-0.39, 0.29) is 5.91 Å². The number of rotatable bonds is 5. The van der Waals surface area contributed by atoms with Gasteiger partial charge < -0.3 is 10.1 Å². The average Bonchev–Trinajstić information content (AvgIpc) is 2.53. The Morgan fingerprint density at radius 2 is 1.68 bits per heavy atom. The Kier molecular flexibility index (Phi) is 5.55. The van der Waals surface area contributed by atoms with Crippen molar-refractivity contribution in [1.29, 1.82) is 0 Å². The summed E-state index contributed by atoms with van der Waals surface area (Å²) in [6.07, 6.45) is 0.736. The van der Waals surface area contributed by atoms with Crippen LogP contribution in [0.15, 0.2) is 48.5 Å². The number of nitrogens with one attached hydrogen (secondary N) is 1. The van der Waals surface area contributed by atoms with Crippen LogP contribution in [0.25, 0.3) is 0 Å². The third kappa shape index (κ3) is 3.86. The number of ether oxygens (including phenoxy) is 1. The molecule has 22 heavy (non-hydrogen) atoms. The molecule has 0 bridgehead atoms. The molecule has 0 atom stereocenters. The van der Waals surface area contributed by atoms with Crippen LogP contribution in [0.3, 0.4) is 0 Å². The Bertz CT molecular complexity index is 685. The van der Waals surface area contributed by atoms with Gasteiger partial charge in [0.25, 0.3) is 5.91 Å². The Labute approximate surface area is 134 Å². The van der Waals surface area contributed by atoms with Crippen molar-refractivity contribution >= 4 is 29.2 Å². The highest BCUT2D eigenvalue weighted by atomic mass is 35.5. The predicted octanol–water partition coefficient (Wildman–Crippen LogP) is 4.16. The van der Waals surface area contributed by atoms with Crippen LogP contribution < -0.4 is 5.32 Å². The van der Waals surface area contributed by atoms with Crippen molar-refractivity contribution in [3.63, 3.8) is 0 Å². The molecule has 0 radical (unpaired) electrons. The quantitative estimate of drug-likeness (QED) is 0.842. The third-order valence-electron chi connectivity index (χ3n) is 2.95. The van der Waals surface area contributed by atoms with Gasteiger partial charge >= 0.3 is 5.97 Å². The van der Waals surface area contributed by atoms with Gasteiger partial charge in [0, 0.05) is 0 Å². The van der Waals surface area contributed by atoms with E-state index in [1.807, 2.05) is 6.92 Å². The number of esters is 1. The Morgan fingerprint density at radius 3 is 2.36 bits per heavy atom. The summed E-state index contributed by atoms with van der Waals surface area (Å²) < 4.78 is 5.11. The van der Waals surface area contributed by atoms with Crippen molar-refractivity contribution in [3.8, 4) is 0 Å². The van der Waals surface area contributed by atoms with Crippen LogP contribution in [0.4, 0.5) is 5.69 Å². The van der Waals surface area contributed by atoms with E-state index in [0.717, 1.165) is 6.42 Å². The number of carbonyl (C=O) groups excluding carboxylic acids is 2. The van der Waals surface area contributed by atoms with E-state index in [4.69, 9.17) is 16.3 Å². The largest absolute Gasteiger partial charge is 0.462 e. The van der Waals surface area contributed by atoms with Crippen LogP contribution in [-0.4, -0.2) is 18.5 Å². The summed E-state index contributed by atoms with van der Waals surface area (Å²) in [6, 6.07) is 13.4. The lowest BCUT2D eigenvalue weighted by atomic mass is 10.1. The van der Waals surface area contributed by atoms with Crippen molar-refractivity contribution in [1.82, 2.24) is 0 Å². The van der Waals surface area contributed by atoms with Gasteiger partial charge in [0.1, 0.15) is 0 Å². The van der Waals surface area contributed by atoms with Crippen molar-refractivity contribution in [3.05, 3.63) is 64.7 Å². The minimum absolute atomic E-state index is 0.316. The van der Waals surface area contributed by atoms with E-state index >= 15 is 0 Å². The SMILES string of the molecule is CCCOC(=O)c1ccccc1NC(=O)c1ccccc1Cl. The first-order valence-electron chi connectivity index (χ1n) is 6.95. The second-order valence-electron chi connectivity index (χ2n) is 4.62. The minimum atomic E-state index is -0.461. The lowest BCUT2D eigenvalue weighted by Gasteiger charge is -2.11. The Morgan fingerprint density at radius 1 is 1.05 bits per heavy atom. The summed E-state index contributed by atoms with van der Waals surface area (Å²) in [5, 5.41) is 3.05. The lowest BCUT2D eigenvalue weighted by Crippen LogP contribution is -2.16. The molecular weight excluding hydrogens is 302 g/mol. The van der Waals surface area contributed by atoms with Crippen molar-refractivity contribution in [2.24, 2.45) is 0 Å². The standard InChI is InChI=1S/C17H16ClNO3/c1-2-11-22-17(21)13-8-4-6-10-15(13)19-16(20)12-7-3-5-9-14(12)18/h3-10H,2,11H2,1H3,(H,19,20). The predicted molar refractivity (Wildman–Crippen MR) is 86.4 cm³/mol. The van der Waals surface area contributed by atoms with E-state index in [0.29, 0.717) is 28.4 Å². The zero-order chi connectivity index (χ0) is 15.9. The van der Waals surface area contributed by atoms with Crippen LogP contribution in [-0.2, 0) is 4.74 Å². The topological polar surface area (TPSA) is 55.4 Å². The molecule has 0 saturated heterocycles. The Hall–Kier alpha value is -2.33. The number of hydrogen-bond donors (Lipinski definition) is 1. The fourth-order valence-electron chi connectivity index (χ4n) is 1.88. The van der Waals surface area contributed by atoms with E-state index < -0.39 is 5.97 Å². The van der Waals surface area contributed by atoms with Gasteiger partial charge in [-0.3, -0.25) is 4.79 Å². The molecule has 2 aromatic carbocycles. The van der Waals surface area contributed by atoms with E-state index in [2.05, 4.69) is 5.32 Å². The molecule has 2 rings (SSSR count). The first kappa shape index (κ1) is 16.0. The first-order chi connectivity index (χ1) is 10.6. The third-order valence-corrected chi connectivity index (χ3v) is 3.28. The molecular formula is C17H16ClNO3. The van der Waals surface area contributed by atoms with Crippen LogP contribution in [0.1, 0.15) is 34.1 Å². The summed E-state index contributed by atoms with van der Waals surface area (Å²) >= 11 is 6.00. The molecule has 1 amide bonds. The van der Waals surface area contributed by atoms with Gasteiger partial charge in [-0.05, 0) is 30.7 Å². The summed E-state index contributed by atoms with van der Waals surface area (Å²) in [5.41, 5.74) is 1.06. The molecule has 0 heterocycles. The number of para-hydroxylation sites is 1. The average molecular weight is 318 g/mol. The van der Waals surface area contributed by atoms with Gasteiger partial charge in [0.2, 0.25) is 0 Å². The highest BCUT2D eigenvalue weighted by Crippen LogP contribution is 2.20. The van der Waals surface area contributed by atoms with Crippen molar-refractivity contribution in [2.75, 3.05) is 11.9 Å². The molecule has 114 valence electrons. The van der Waals surface area contributed by atoms with E-state index in [1.165, 1.54) is 0 Å². The van der Waals surface area contributed by atoms with Gasteiger partial charge in [0.05, 0.1) is 28.4 Å². The molecule has 0 aliphatic carbocycles. The van der Waals surface area contributed by atoms with Crippen LogP contribution >= 0.6 is 11.6 Å². The summed E-state index contributed by atoms with van der Waals surface area (Å²) in [4.78, 5) is 24.3. The van der Waals surface area contributed by atoms with Gasteiger partial charge in [-0.15, -0.1) is 0 Å². The molecule has 5 heteroatoms. The molecule has 0 saturated carbocycles. The van der Waals surface area contributed by atoms with Crippen LogP contribution in [0, 0.1) is 0 Å². The fourth-order valence-corrected chi connectivity index (χ4v) is 2.10.